The molecule has 0 unspecified atom stereocenters. The Hall–Kier alpha value is -1.78. The van der Waals surface area contributed by atoms with E-state index in [2.05, 4.69) is 10.3 Å². The largest absolute Gasteiger partial charge is 0.466 e. The highest BCUT2D eigenvalue weighted by Gasteiger charge is 2.04. The van der Waals surface area contributed by atoms with Crippen LogP contribution in [0.2, 0.25) is 0 Å². The zero-order valence-electron chi connectivity index (χ0n) is 9.62. The van der Waals surface area contributed by atoms with Crippen molar-refractivity contribution in [2.24, 2.45) is 0 Å². The summed E-state index contributed by atoms with van der Waals surface area (Å²) in [4.78, 5) is 15.2. The SMILES string of the molecule is CCOC(=O)CCNc1nccc(C)c1N. The van der Waals surface area contributed by atoms with E-state index in [1.807, 2.05) is 13.0 Å². The molecule has 0 aromatic carbocycles. The Kier molecular flexibility index (Phi) is 4.57. The molecule has 3 N–H and O–H groups in total. The van der Waals surface area contributed by atoms with Crippen molar-refractivity contribution in [2.75, 3.05) is 24.2 Å². The van der Waals surface area contributed by atoms with Gasteiger partial charge in [0.1, 0.15) is 5.82 Å². The first-order chi connectivity index (χ1) is 7.65. The van der Waals surface area contributed by atoms with Crippen molar-refractivity contribution in [2.45, 2.75) is 20.3 Å². The molecule has 5 nitrogen and oxygen atoms in total. The van der Waals surface area contributed by atoms with E-state index < -0.39 is 0 Å². The van der Waals surface area contributed by atoms with E-state index in [0.717, 1.165) is 5.56 Å². The van der Waals surface area contributed by atoms with Crippen LogP contribution in [-0.4, -0.2) is 24.1 Å². The lowest BCUT2D eigenvalue weighted by atomic mass is 10.2. The van der Waals surface area contributed by atoms with Gasteiger partial charge in [-0.15, -0.1) is 0 Å². The topological polar surface area (TPSA) is 77.2 Å². The summed E-state index contributed by atoms with van der Waals surface area (Å²) < 4.78 is 4.80. The number of carbonyl (C=O) groups is 1. The lowest BCUT2D eigenvalue weighted by molar-refractivity contribution is -0.142. The molecule has 1 heterocycles. The highest BCUT2D eigenvalue weighted by molar-refractivity contribution is 5.71. The summed E-state index contributed by atoms with van der Waals surface area (Å²) in [7, 11) is 0. The minimum Gasteiger partial charge on any atom is -0.466 e. The Morgan fingerprint density at radius 2 is 2.38 bits per heavy atom. The Morgan fingerprint density at radius 3 is 3.06 bits per heavy atom. The summed E-state index contributed by atoms with van der Waals surface area (Å²) in [5.41, 5.74) is 7.40. The van der Waals surface area contributed by atoms with Gasteiger partial charge in [-0.05, 0) is 25.5 Å². The molecule has 1 aromatic heterocycles. The fraction of sp³-hybridized carbons (Fsp3) is 0.455. The van der Waals surface area contributed by atoms with Gasteiger partial charge in [0.25, 0.3) is 0 Å². The summed E-state index contributed by atoms with van der Waals surface area (Å²) in [6, 6.07) is 1.84. The minimum atomic E-state index is -0.221. The molecule has 0 amide bonds. The third-order valence-electron chi connectivity index (χ3n) is 2.14. The van der Waals surface area contributed by atoms with Crippen LogP contribution >= 0.6 is 0 Å². The Balaban J connectivity index is 2.43. The van der Waals surface area contributed by atoms with Gasteiger partial charge in [-0.1, -0.05) is 0 Å². The predicted molar refractivity (Wildman–Crippen MR) is 63.1 cm³/mol. The van der Waals surface area contributed by atoms with Gasteiger partial charge in [0.2, 0.25) is 0 Å². The van der Waals surface area contributed by atoms with Gasteiger partial charge >= 0.3 is 5.97 Å². The average molecular weight is 223 g/mol. The number of rotatable bonds is 5. The molecule has 0 fully saturated rings. The number of ether oxygens (including phenoxy) is 1. The second-order valence-corrected chi connectivity index (χ2v) is 3.37. The van der Waals surface area contributed by atoms with Crippen molar-refractivity contribution < 1.29 is 9.53 Å². The van der Waals surface area contributed by atoms with E-state index in [9.17, 15) is 4.79 Å². The monoisotopic (exact) mass is 223 g/mol. The lowest BCUT2D eigenvalue weighted by Crippen LogP contribution is -2.13. The molecule has 0 saturated carbocycles. The van der Waals surface area contributed by atoms with Crippen molar-refractivity contribution >= 4 is 17.5 Å². The van der Waals surface area contributed by atoms with E-state index in [-0.39, 0.29) is 5.97 Å². The standard InChI is InChI=1S/C11H17N3O2/c1-3-16-9(15)5-7-14-11-10(12)8(2)4-6-13-11/h4,6H,3,5,7,12H2,1-2H3,(H,13,14). The second kappa shape index (κ2) is 5.95. The van der Waals surface area contributed by atoms with Gasteiger partial charge in [-0.2, -0.15) is 0 Å². The minimum absolute atomic E-state index is 0.221. The molecular formula is C11H17N3O2. The lowest BCUT2D eigenvalue weighted by Gasteiger charge is -2.09. The molecule has 0 spiro atoms. The van der Waals surface area contributed by atoms with Crippen LogP contribution in [0.1, 0.15) is 18.9 Å². The van der Waals surface area contributed by atoms with Crippen LogP contribution in [0.25, 0.3) is 0 Å². The molecular weight excluding hydrogens is 206 g/mol. The number of esters is 1. The number of anilines is 2. The van der Waals surface area contributed by atoms with E-state index in [1.54, 1.807) is 13.1 Å². The van der Waals surface area contributed by atoms with Crippen LogP contribution in [0.5, 0.6) is 0 Å². The third-order valence-corrected chi connectivity index (χ3v) is 2.14. The Labute approximate surface area is 95.0 Å². The zero-order valence-corrected chi connectivity index (χ0v) is 9.62. The van der Waals surface area contributed by atoms with Crippen LogP contribution in [0.15, 0.2) is 12.3 Å². The molecule has 0 saturated heterocycles. The normalized spacial score (nSPS) is 9.88. The van der Waals surface area contributed by atoms with E-state index in [1.165, 1.54) is 0 Å². The Bertz CT molecular complexity index is 366. The summed E-state index contributed by atoms with van der Waals surface area (Å²) in [6.07, 6.45) is 1.99. The molecule has 0 atom stereocenters. The summed E-state index contributed by atoms with van der Waals surface area (Å²) in [6.45, 7) is 4.57. The number of pyridine rings is 1. The van der Waals surface area contributed by atoms with Crippen LogP contribution in [0, 0.1) is 6.92 Å². The van der Waals surface area contributed by atoms with Crippen molar-refractivity contribution in [3.8, 4) is 0 Å². The van der Waals surface area contributed by atoms with Gasteiger partial charge in [0, 0.05) is 12.7 Å². The van der Waals surface area contributed by atoms with E-state index in [4.69, 9.17) is 10.5 Å². The van der Waals surface area contributed by atoms with Crippen LogP contribution in [0.4, 0.5) is 11.5 Å². The number of nitrogens with one attached hydrogen (secondary N) is 1. The number of carbonyl (C=O) groups excluding carboxylic acids is 1. The van der Waals surface area contributed by atoms with Crippen molar-refractivity contribution in [3.05, 3.63) is 17.8 Å². The van der Waals surface area contributed by atoms with Gasteiger partial charge in [-0.3, -0.25) is 4.79 Å². The number of nitrogens with two attached hydrogens (primary N) is 1. The van der Waals surface area contributed by atoms with Gasteiger partial charge in [0.05, 0.1) is 18.7 Å². The first kappa shape index (κ1) is 12.3. The number of hydrogen-bond donors (Lipinski definition) is 2. The molecule has 88 valence electrons. The van der Waals surface area contributed by atoms with Crippen LogP contribution in [0.3, 0.4) is 0 Å². The van der Waals surface area contributed by atoms with Crippen molar-refractivity contribution in [3.63, 3.8) is 0 Å². The summed E-state index contributed by atoms with van der Waals surface area (Å²) in [5.74, 6) is 0.394. The molecule has 1 rings (SSSR count). The fourth-order valence-corrected chi connectivity index (χ4v) is 1.23. The second-order valence-electron chi connectivity index (χ2n) is 3.37. The number of nitrogen functional groups attached to an aromatic ring is 1. The molecule has 1 aromatic rings. The highest BCUT2D eigenvalue weighted by atomic mass is 16.5. The Morgan fingerprint density at radius 1 is 1.62 bits per heavy atom. The maximum atomic E-state index is 11.1. The summed E-state index contributed by atoms with van der Waals surface area (Å²) >= 11 is 0. The molecule has 16 heavy (non-hydrogen) atoms. The molecule has 0 aliphatic heterocycles. The van der Waals surface area contributed by atoms with Gasteiger partial charge < -0.3 is 15.8 Å². The number of nitrogens with zero attached hydrogens (tertiary/aromatic N) is 1. The van der Waals surface area contributed by atoms with Crippen molar-refractivity contribution in [1.29, 1.82) is 0 Å². The third kappa shape index (κ3) is 3.42. The predicted octanol–water partition coefficient (Wildman–Crippen LogP) is 1.34. The molecule has 0 bridgehead atoms. The molecule has 0 aliphatic rings. The quantitative estimate of drug-likeness (QED) is 0.736. The first-order valence-corrected chi connectivity index (χ1v) is 5.25. The number of aromatic nitrogens is 1. The zero-order chi connectivity index (χ0) is 12.0. The van der Waals surface area contributed by atoms with E-state index in [0.29, 0.717) is 31.1 Å². The van der Waals surface area contributed by atoms with Crippen LogP contribution in [-0.2, 0) is 9.53 Å². The highest BCUT2D eigenvalue weighted by Crippen LogP contribution is 2.18. The maximum absolute atomic E-state index is 11.1. The van der Waals surface area contributed by atoms with Gasteiger partial charge in [0.15, 0.2) is 0 Å². The maximum Gasteiger partial charge on any atom is 0.307 e. The average Bonchev–Trinajstić information content (AvgIpc) is 2.25. The van der Waals surface area contributed by atoms with E-state index >= 15 is 0 Å². The molecule has 0 radical (unpaired) electrons. The van der Waals surface area contributed by atoms with Gasteiger partial charge in [-0.25, -0.2) is 4.98 Å². The summed E-state index contributed by atoms with van der Waals surface area (Å²) in [5, 5.41) is 3.01. The molecule has 0 aliphatic carbocycles. The van der Waals surface area contributed by atoms with Crippen LogP contribution < -0.4 is 11.1 Å². The number of hydrogen-bond acceptors (Lipinski definition) is 5. The molecule has 5 heteroatoms. The van der Waals surface area contributed by atoms with Crippen molar-refractivity contribution in [1.82, 2.24) is 4.98 Å². The fourth-order valence-electron chi connectivity index (χ4n) is 1.23. The number of aryl methyl sites for hydroxylation is 1. The smallest absolute Gasteiger partial charge is 0.307 e. The first-order valence-electron chi connectivity index (χ1n) is 5.25.